The first-order valence-corrected chi connectivity index (χ1v) is 7.30. The van der Waals surface area contributed by atoms with Crippen molar-refractivity contribution in [2.75, 3.05) is 19.7 Å². The summed E-state index contributed by atoms with van der Waals surface area (Å²) in [6, 6.07) is 13.7. The van der Waals surface area contributed by atoms with Gasteiger partial charge in [-0.05, 0) is 17.2 Å². The van der Waals surface area contributed by atoms with Crippen molar-refractivity contribution in [1.29, 1.82) is 0 Å². The third-order valence-corrected chi connectivity index (χ3v) is 3.24. The summed E-state index contributed by atoms with van der Waals surface area (Å²) in [4.78, 5) is 18.0. The van der Waals surface area contributed by atoms with Gasteiger partial charge in [-0.15, -0.1) is 0 Å². The number of nitrogens with one attached hydrogen (secondary N) is 1. The Kier molecular flexibility index (Phi) is 6.54. The van der Waals surface area contributed by atoms with Crippen LogP contribution < -0.4 is 5.32 Å². The quantitative estimate of drug-likeness (QED) is 0.768. The molecule has 0 fully saturated rings. The van der Waals surface area contributed by atoms with Gasteiger partial charge in [0.2, 0.25) is 5.91 Å². The highest BCUT2D eigenvalue weighted by Gasteiger charge is 2.10. The van der Waals surface area contributed by atoms with E-state index < -0.39 is 0 Å². The first kappa shape index (κ1) is 16.1. The number of rotatable bonds is 8. The Morgan fingerprint density at radius 1 is 1.14 bits per heavy atom. The van der Waals surface area contributed by atoms with E-state index in [1.54, 1.807) is 12.4 Å². The average Bonchev–Trinajstić information content (AvgIpc) is 2.55. The zero-order valence-electron chi connectivity index (χ0n) is 12.5. The zero-order chi connectivity index (χ0) is 15.6. The summed E-state index contributed by atoms with van der Waals surface area (Å²) < 4.78 is 0. The normalized spacial score (nSPS) is 10.6. The Bertz CT molecular complexity index is 561. The molecule has 2 aromatic rings. The molecular formula is C17H21N3O2. The summed E-state index contributed by atoms with van der Waals surface area (Å²) in [5.41, 5.74) is 2.09. The van der Waals surface area contributed by atoms with Crippen LogP contribution in [0, 0.1) is 0 Å². The van der Waals surface area contributed by atoms with Gasteiger partial charge in [-0.1, -0.05) is 36.4 Å². The van der Waals surface area contributed by atoms with Crippen LogP contribution in [0.2, 0.25) is 0 Å². The van der Waals surface area contributed by atoms with Crippen LogP contribution in [0.4, 0.5) is 0 Å². The van der Waals surface area contributed by atoms with E-state index in [0.717, 1.165) is 11.1 Å². The van der Waals surface area contributed by atoms with Crippen molar-refractivity contribution in [1.82, 2.24) is 15.2 Å². The lowest BCUT2D eigenvalue weighted by Gasteiger charge is -2.20. The lowest BCUT2D eigenvalue weighted by atomic mass is 10.2. The number of hydrogen-bond acceptors (Lipinski definition) is 4. The number of hydrogen-bond donors (Lipinski definition) is 2. The van der Waals surface area contributed by atoms with Crippen molar-refractivity contribution in [3.63, 3.8) is 0 Å². The maximum atomic E-state index is 12.0. The van der Waals surface area contributed by atoms with Crippen molar-refractivity contribution in [2.24, 2.45) is 0 Å². The molecular weight excluding hydrogens is 278 g/mol. The van der Waals surface area contributed by atoms with Gasteiger partial charge < -0.3 is 10.4 Å². The fraction of sp³-hybridized carbons (Fsp3) is 0.294. The van der Waals surface area contributed by atoms with Gasteiger partial charge in [0.05, 0.1) is 13.2 Å². The summed E-state index contributed by atoms with van der Waals surface area (Å²) in [6.45, 7) is 1.86. The molecule has 0 atom stereocenters. The predicted octanol–water partition coefficient (Wildman–Crippen LogP) is 1.19. The fourth-order valence-corrected chi connectivity index (χ4v) is 2.16. The number of nitrogens with zero attached hydrogens (tertiary/aromatic N) is 2. The number of benzene rings is 1. The largest absolute Gasteiger partial charge is 0.395 e. The van der Waals surface area contributed by atoms with Crippen LogP contribution in [0.3, 0.4) is 0 Å². The van der Waals surface area contributed by atoms with Crippen molar-refractivity contribution in [2.45, 2.75) is 13.1 Å². The molecule has 1 aromatic carbocycles. The van der Waals surface area contributed by atoms with E-state index >= 15 is 0 Å². The maximum absolute atomic E-state index is 12.0. The number of pyridine rings is 1. The predicted molar refractivity (Wildman–Crippen MR) is 84.9 cm³/mol. The first-order chi connectivity index (χ1) is 10.8. The van der Waals surface area contributed by atoms with E-state index in [9.17, 15) is 4.79 Å². The minimum Gasteiger partial charge on any atom is -0.395 e. The summed E-state index contributed by atoms with van der Waals surface area (Å²) in [7, 11) is 0. The highest BCUT2D eigenvalue weighted by molar-refractivity contribution is 5.78. The Hall–Kier alpha value is -2.24. The SMILES string of the molecule is O=C(CN(CCO)Cc1ccccc1)NCc1cccnc1. The van der Waals surface area contributed by atoms with Crippen molar-refractivity contribution in [3.05, 3.63) is 66.0 Å². The van der Waals surface area contributed by atoms with Gasteiger partial charge in [-0.3, -0.25) is 14.7 Å². The molecule has 0 saturated heterocycles. The van der Waals surface area contributed by atoms with Crippen LogP contribution in [0.25, 0.3) is 0 Å². The summed E-state index contributed by atoms with van der Waals surface area (Å²) in [6.07, 6.45) is 3.43. The molecule has 0 spiro atoms. The minimum atomic E-state index is -0.0618. The molecule has 1 aromatic heterocycles. The second-order valence-electron chi connectivity index (χ2n) is 5.06. The molecule has 22 heavy (non-hydrogen) atoms. The Morgan fingerprint density at radius 2 is 1.91 bits per heavy atom. The monoisotopic (exact) mass is 299 g/mol. The van der Waals surface area contributed by atoms with Gasteiger partial charge in [0.25, 0.3) is 0 Å². The number of amides is 1. The molecule has 2 rings (SSSR count). The second kappa shape index (κ2) is 8.92. The van der Waals surface area contributed by atoms with Crippen LogP contribution in [0.1, 0.15) is 11.1 Å². The number of aliphatic hydroxyl groups is 1. The number of aromatic nitrogens is 1. The van der Waals surface area contributed by atoms with Gasteiger partial charge in [-0.2, -0.15) is 0 Å². The van der Waals surface area contributed by atoms with E-state index in [4.69, 9.17) is 5.11 Å². The lowest BCUT2D eigenvalue weighted by molar-refractivity contribution is -0.122. The van der Waals surface area contributed by atoms with Crippen LogP contribution in [-0.4, -0.2) is 40.6 Å². The topological polar surface area (TPSA) is 65.5 Å². The first-order valence-electron chi connectivity index (χ1n) is 7.30. The third-order valence-electron chi connectivity index (χ3n) is 3.24. The molecule has 0 radical (unpaired) electrons. The average molecular weight is 299 g/mol. The van der Waals surface area contributed by atoms with E-state index in [2.05, 4.69) is 10.3 Å². The molecule has 1 amide bonds. The van der Waals surface area contributed by atoms with Crippen LogP contribution in [0.15, 0.2) is 54.9 Å². The lowest BCUT2D eigenvalue weighted by Crippen LogP contribution is -2.38. The zero-order valence-corrected chi connectivity index (χ0v) is 12.5. The van der Waals surface area contributed by atoms with Crippen LogP contribution in [-0.2, 0) is 17.9 Å². The van der Waals surface area contributed by atoms with Gasteiger partial charge in [-0.25, -0.2) is 0 Å². The Balaban J connectivity index is 1.83. The maximum Gasteiger partial charge on any atom is 0.234 e. The van der Waals surface area contributed by atoms with Gasteiger partial charge in [0, 0.05) is 32.0 Å². The van der Waals surface area contributed by atoms with Gasteiger partial charge in [0.1, 0.15) is 0 Å². The highest BCUT2D eigenvalue weighted by atomic mass is 16.3. The molecule has 2 N–H and O–H groups in total. The van der Waals surface area contributed by atoms with Crippen molar-refractivity contribution >= 4 is 5.91 Å². The summed E-state index contributed by atoms with van der Waals surface area (Å²) in [5, 5.41) is 12.0. The van der Waals surface area contributed by atoms with Crippen molar-refractivity contribution in [3.8, 4) is 0 Å². The molecule has 0 unspecified atom stereocenters. The molecule has 116 valence electrons. The number of aliphatic hydroxyl groups excluding tert-OH is 1. The molecule has 0 saturated carbocycles. The molecule has 0 bridgehead atoms. The van der Waals surface area contributed by atoms with Gasteiger partial charge >= 0.3 is 0 Å². The summed E-state index contributed by atoms with van der Waals surface area (Å²) >= 11 is 0. The van der Waals surface area contributed by atoms with E-state index in [0.29, 0.717) is 19.6 Å². The molecule has 0 aliphatic rings. The second-order valence-corrected chi connectivity index (χ2v) is 5.06. The smallest absolute Gasteiger partial charge is 0.234 e. The molecule has 1 heterocycles. The Morgan fingerprint density at radius 3 is 2.59 bits per heavy atom. The molecule has 5 nitrogen and oxygen atoms in total. The van der Waals surface area contributed by atoms with Crippen LogP contribution in [0.5, 0.6) is 0 Å². The number of carbonyl (C=O) groups excluding carboxylic acids is 1. The van der Waals surface area contributed by atoms with E-state index in [-0.39, 0.29) is 19.1 Å². The highest BCUT2D eigenvalue weighted by Crippen LogP contribution is 2.04. The number of carbonyl (C=O) groups is 1. The van der Waals surface area contributed by atoms with Crippen molar-refractivity contribution < 1.29 is 9.90 Å². The Labute approximate surface area is 130 Å². The van der Waals surface area contributed by atoms with E-state index in [1.165, 1.54) is 0 Å². The molecule has 5 heteroatoms. The van der Waals surface area contributed by atoms with Crippen LogP contribution >= 0.6 is 0 Å². The van der Waals surface area contributed by atoms with Gasteiger partial charge in [0.15, 0.2) is 0 Å². The molecule has 0 aliphatic heterocycles. The summed E-state index contributed by atoms with van der Waals surface area (Å²) in [5.74, 6) is -0.0618. The third kappa shape index (κ3) is 5.63. The minimum absolute atomic E-state index is 0.0305. The fourth-order valence-electron chi connectivity index (χ4n) is 2.16. The molecule has 0 aliphatic carbocycles. The standard InChI is InChI=1S/C17H21N3O2/c21-10-9-20(13-15-5-2-1-3-6-15)14-17(22)19-12-16-7-4-8-18-11-16/h1-8,11,21H,9-10,12-14H2,(H,19,22). The van der Waals surface area contributed by atoms with E-state index in [1.807, 2.05) is 47.4 Å².